The molecule has 1 unspecified atom stereocenters. The zero-order chi connectivity index (χ0) is 13.2. The molecule has 17 heavy (non-hydrogen) atoms. The van der Waals surface area contributed by atoms with Crippen LogP contribution in [0.3, 0.4) is 0 Å². The fraction of sp³-hybridized carbons (Fsp3) is 0.462. The van der Waals surface area contributed by atoms with E-state index in [9.17, 15) is 4.79 Å². The minimum atomic E-state index is -0.246. The van der Waals surface area contributed by atoms with Gasteiger partial charge in [0.25, 0.3) is 0 Å². The molecule has 0 bridgehead atoms. The van der Waals surface area contributed by atoms with Crippen LogP contribution in [0.4, 0.5) is 0 Å². The molecular formula is C13H17BrClNO. The molecule has 1 N–H and O–H groups in total. The van der Waals surface area contributed by atoms with E-state index in [2.05, 4.69) is 21.2 Å². The summed E-state index contributed by atoms with van der Waals surface area (Å²) in [7, 11) is 0. The summed E-state index contributed by atoms with van der Waals surface area (Å²) < 4.78 is 0.661. The van der Waals surface area contributed by atoms with Gasteiger partial charge in [0.05, 0.1) is 11.1 Å². The van der Waals surface area contributed by atoms with Crippen LogP contribution in [-0.2, 0) is 0 Å². The first-order valence-electron chi connectivity index (χ1n) is 5.48. The normalized spacial score (nSPS) is 13.5. The van der Waals surface area contributed by atoms with Crippen molar-refractivity contribution >= 4 is 33.3 Å². The fourth-order valence-electron chi connectivity index (χ4n) is 1.64. The molecule has 1 aromatic carbocycles. The van der Waals surface area contributed by atoms with Crippen molar-refractivity contribution in [3.8, 4) is 0 Å². The van der Waals surface area contributed by atoms with Gasteiger partial charge < -0.3 is 5.32 Å². The molecule has 1 atom stereocenters. The second-order valence-electron chi connectivity index (χ2n) is 5.08. The van der Waals surface area contributed by atoms with E-state index < -0.39 is 0 Å². The first-order valence-corrected chi connectivity index (χ1v) is 6.65. The zero-order valence-corrected chi connectivity index (χ0v) is 12.8. The largest absolute Gasteiger partial charge is 0.303 e. The lowest BCUT2D eigenvalue weighted by molar-refractivity contribution is 0.0935. The van der Waals surface area contributed by atoms with Crippen molar-refractivity contribution in [2.75, 3.05) is 0 Å². The molecule has 0 aliphatic heterocycles. The lowest BCUT2D eigenvalue weighted by Gasteiger charge is -2.25. The molecule has 94 valence electrons. The number of carbonyl (C=O) groups excluding carboxylic acids is 1. The molecule has 0 spiro atoms. The number of halogens is 2. The van der Waals surface area contributed by atoms with E-state index in [0.29, 0.717) is 15.1 Å². The van der Waals surface area contributed by atoms with E-state index in [0.717, 1.165) is 0 Å². The minimum Gasteiger partial charge on any atom is -0.303 e. The molecule has 0 aromatic heterocycles. The maximum Gasteiger partial charge on any atom is 0.180 e. The second-order valence-corrected chi connectivity index (χ2v) is 6.28. The Bertz CT molecular complexity index is 426. The van der Waals surface area contributed by atoms with Crippen molar-refractivity contribution in [1.29, 1.82) is 0 Å². The quantitative estimate of drug-likeness (QED) is 0.852. The molecule has 4 heteroatoms. The summed E-state index contributed by atoms with van der Waals surface area (Å²) in [5.41, 5.74) is 0.516. The van der Waals surface area contributed by atoms with Crippen LogP contribution in [-0.4, -0.2) is 17.4 Å². The van der Waals surface area contributed by atoms with Crippen LogP contribution in [0.15, 0.2) is 22.7 Å². The first-order chi connectivity index (χ1) is 7.72. The van der Waals surface area contributed by atoms with Crippen LogP contribution < -0.4 is 5.32 Å². The van der Waals surface area contributed by atoms with Crippen LogP contribution in [0, 0.1) is 0 Å². The molecule has 2 nitrogen and oxygen atoms in total. The van der Waals surface area contributed by atoms with E-state index in [1.54, 1.807) is 18.2 Å². The van der Waals surface area contributed by atoms with Crippen LogP contribution in [0.5, 0.6) is 0 Å². The average molecular weight is 319 g/mol. The Morgan fingerprint density at radius 3 is 2.53 bits per heavy atom. The molecule has 0 heterocycles. The van der Waals surface area contributed by atoms with Crippen molar-refractivity contribution in [2.45, 2.75) is 39.3 Å². The standard InChI is InChI=1S/C13H17BrClNO/c1-8(16-13(2,3)4)12(17)9-6-5-7-10(15)11(9)14/h5-8,16H,1-4H3. The van der Waals surface area contributed by atoms with Gasteiger partial charge in [0.15, 0.2) is 5.78 Å². The summed E-state index contributed by atoms with van der Waals surface area (Å²) in [5.74, 6) is 0.0364. The third-order valence-electron chi connectivity index (χ3n) is 2.26. The third-order valence-corrected chi connectivity index (χ3v) is 3.66. The van der Waals surface area contributed by atoms with Gasteiger partial charge in [-0.3, -0.25) is 4.79 Å². The van der Waals surface area contributed by atoms with Gasteiger partial charge in [-0.1, -0.05) is 23.7 Å². The fourth-order valence-corrected chi connectivity index (χ4v) is 2.28. The molecule has 0 fully saturated rings. The Morgan fingerprint density at radius 1 is 1.41 bits per heavy atom. The van der Waals surface area contributed by atoms with Crippen molar-refractivity contribution < 1.29 is 4.79 Å². The molecule has 0 amide bonds. The van der Waals surface area contributed by atoms with Gasteiger partial charge in [0.1, 0.15) is 0 Å². The molecule has 1 aromatic rings. The van der Waals surface area contributed by atoms with Gasteiger partial charge in [-0.2, -0.15) is 0 Å². The highest BCUT2D eigenvalue weighted by molar-refractivity contribution is 9.10. The SMILES string of the molecule is CC(NC(C)(C)C)C(=O)c1cccc(Cl)c1Br. The predicted molar refractivity (Wildman–Crippen MR) is 75.8 cm³/mol. The topological polar surface area (TPSA) is 29.1 Å². The van der Waals surface area contributed by atoms with Crippen molar-refractivity contribution in [1.82, 2.24) is 5.32 Å². The van der Waals surface area contributed by atoms with Gasteiger partial charge in [0.2, 0.25) is 0 Å². The summed E-state index contributed by atoms with van der Waals surface area (Å²) in [6, 6.07) is 5.07. The summed E-state index contributed by atoms with van der Waals surface area (Å²) in [4.78, 5) is 12.2. The Labute approximate surface area is 116 Å². The second kappa shape index (κ2) is 5.51. The molecule has 0 aliphatic carbocycles. The van der Waals surface area contributed by atoms with E-state index in [1.165, 1.54) is 0 Å². The molecule has 0 saturated heterocycles. The number of ketones is 1. The smallest absolute Gasteiger partial charge is 0.180 e. The number of hydrogen-bond acceptors (Lipinski definition) is 2. The molecule has 1 rings (SSSR count). The number of rotatable bonds is 3. The lowest BCUT2D eigenvalue weighted by Crippen LogP contribution is -2.46. The van der Waals surface area contributed by atoms with Crippen LogP contribution in [0.25, 0.3) is 0 Å². The van der Waals surface area contributed by atoms with Crippen LogP contribution >= 0.6 is 27.5 Å². The number of benzene rings is 1. The predicted octanol–water partition coefficient (Wildman–Crippen LogP) is 4.06. The molecular weight excluding hydrogens is 302 g/mol. The monoisotopic (exact) mass is 317 g/mol. The summed E-state index contributed by atoms with van der Waals surface area (Å²) >= 11 is 9.32. The highest BCUT2D eigenvalue weighted by Crippen LogP contribution is 2.27. The van der Waals surface area contributed by atoms with Gasteiger partial charge >= 0.3 is 0 Å². The van der Waals surface area contributed by atoms with Gasteiger partial charge in [-0.05, 0) is 49.7 Å². The van der Waals surface area contributed by atoms with E-state index >= 15 is 0 Å². The van der Waals surface area contributed by atoms with Crippen LogP contribution in [0.1, 0.15) is 38.1 Å². The maximum absolute atomic E-state index is 12.2. The Kier molecular flexibility index (Phi) is 4.76. The molecule has 0 radical (unpaired) electrons. The zero-order valence-electron chi connectivity index (χ0n) is 10.5. The van der Waals surface area contributed by atoms with Crippen molar-refractivity contribution in [3.63, 3.8) is 0 Å². The molecule has 0 aliphatic rings. The van der Waals surface area contributed by atoms with E-state index in [4.69, 9.17) is 11.6 Å². The van der Waals surface area contributed by atoms with Gasteiger partial charge in [-0.25, -0.2) is 0 Å². The Hall–Kier alpha value is -0.380. The van der Waals surface area contributed by atoms with Crippen molar-refractivity contribution in [2.24, 2.45) is 0 Å². The van der Waals surface area contributed by atoms with E-state index in [1.807, 2.05) is 27.7 Å². The third kappa shape index (κ3) is 4.09. The highest BCUT2D eigenvalue weighted by Gasteiger charge is 2.22. The number of Topliss-reactive ketones (excluding diaryl/α,β-unsaturated/α-hetero) is 1. The minimum absolute atomic E-state index is 0.0364. The number of hydrogen-bond donors (Lipinski definition) is 1. The van der Waals surface area contributed by atoms with E-state index in [-0.39, 0.29) is 17.4 Å². The Balaban J connectivity index is 2.93. The van der Waals surface area contributed by atoms with Gasteiger partial charge in [-0.15, -0.1) is 0 Å². The maximum atomic E-state index is 12.2. The Morgan fingerprint density at radius 2 is 2.00 bits per heavy atom. The summed E-state index contributed by atoms with van der Waals surface area (Å²) in [6.45, 7) is 7.96. The summed E-state index contributed by atoms with van der Waals surface area (Å²) in [5, 5.41) is 3.81. The average Bonchev–Trinajstić information content (AvgIpc) is 2.18. The highest BCUT2D eigenvalue weighted by atomic mass is 79.9. The first kappa shape index (κ1) is 14.7. The number of nitrogens with one attached hydrogen (secondary N) is 1. The van der Waals surface area contributed by atoms with Crippen molar-refractivity contribution in [3.05, 3.63) is 33.3 Å². The van der Waals surface area contributed by atoms with Gasteiger partial charge in [0, 0.05) is 15.6 Å². The molecule has 0 saturated carbocycles. The number of carbonyl (C=O) groups is 1. The lowest BCUT2D eigenvalue weighted by atomic mass is 10.0. The van der Waals surface area contributed by atoms with Crippen LogP contribution in [0.2, 0.25) is 5.02 Å². The summed E-state index contributed by atoms with van der Waals surface area (Å²) in [6.07, 6.45) is 0.